The molecule has 1 aromatic rings. The van der Waals surface area contributed by atoms with Crippen LogP contribution in [0.15, 0.2) is 55.0 Å². The van der Waals surface area contributed by atoms with Crippen LogP contribution in [0.1, 0.15) is 0 Å². The molecule has 0 radical (unpaired) electrons. The van der Waals surface area contributed by atoms with Crippen molar-refractivity contribution in [1.29, 1.82) is 0 Å². The third kappa shape index (κ3) is 13.7. The lowest BCUT2D eigenvalue weighted by molar-refractivity contribution is -0.817. The second-order valence-electron chi connectivity index (χ2n) is 10.2. The summed E-state index contributed by atoms with van der Waals surface area (Å²) >= 11 is 0. The smallest absolute Gasteiger partial charge is 0.341 e. The van der Waals surface area contributed by atoms with Gasteiger partial charge in [-0.3, -0.25) is 0 Å². The summed E-state index contributed by atoms with van der Waals surface area (Å²) in [6.07, 6.45) is 8.82. The topological polar surface area (TPSA) is 78.9 Å². The SMILES string of the molecule is C[N+](C)(C)C=CC(=O)Oc1cc(OC(=O)C=C[N+](C)(C)C)cc(OC(=O)C=C[N+](C)(C)C)c1. The number of rotatable bonds is 9. The standard InChI is InChI=1S/C24H36N3O6/c1-25(2,3)13-10-22(28)31-19-16-20(32-23(29)11-14-26(4,5)6)18-21(17-19)33-24(30)12-15-27(7,8)9/h10-18H,1-9H3/q+3. The van der Waals surface area contributed by atoms with Crippen molar-refractivity contribution in [2.75, 3.05) is 63.4 Å². The average molecular weight is 463 g/mol. The van der Waals surface area contributed by atoms with E-state index in [1.54, 1.807) is 18.6 Å². The minimum absolute atomic E-state index is 0.0605. The van der Waals surface area contributed by atoms with Crippen molar-refractivity contribution in [3.8, 4) is 17.2 Å². The third-order valence-electron chi connectivity index (χ3n) is 3.48. The summed E-state index contributed by atoms with van der Waals surface area (Å²) in [7, 11) is 17.0. The van der Waals surface area contributed by atoms with Crippen LogP contribution in [0.2, 0.25) is 0 Å². The zero-order chi connectivity index (χ0) is 25.4. The Hall–Kier alpha value is -3.27. The van der Waals surface area contributed by atoms with E-state index < -0.39 is 17.9 Å². The first-order valence-electron chi connectivity index (χ1n) is 10.2. The Bertz CT molecular complexity index is 822. The molecule has 0 bridgehead atoms. The molecule has 9 heteroatoms. The molecule has 0 aliphatic carbocycles. The molecule has 0 N–H and O–H groups in total. The van der Waals surface area contributed by atoms with Gasteiger partial charge in [0, 0.05) is 18.2 Å². The summed E-state index contributed by atoms with van der Waals surface area (Å²) in [4.78, 5) is 36.6. The molecule has 0 unspecified atom stereocenters. The van der Waals surface area contributed by atoms with Crippen molar-refractivity contribution < 1.29 is 42.0 Å². The van der Waals surface area contributed by atoms with Crippen LogP contribution in [-0.4, -0.2) is 94.8 Å². The van der Waals surface area contributed by atoms with Crippen molar-refractivity contribution in [2.45, 2.75) is 0 Å². The summed E-state index contributed by atoms with van der Waals surface area (Å²) in [5.74, 6) is -1.70. The fourth-order valence-corrected chi connectivity index (χ4v) is 2.03. The van der Waals surface area contributed by atoms with Crippen LogP contribution in [0.3, 0.4) is 0 Å². The van der Waals surface area contributed by atoms with Gasteiger partial charge in [-0.05, 0) is 0 Å². The van der Waals surface area contributed by atoms with Crippen LogP contribution in [-0.2, 0) is 14.4 Å². The quantitative estimate of drug-likeness (QED) is 0.242. The Balaban J connectivity index is 3.16. The highest BCUT2D eigenvalue weighted by Gasteiger charge is 2.14. The van der Waals surface area contributed by atoms with E-state index in [-0.39, 0.29) is 17.2 Å². The lowest BCUT2D eigenvalue weighted by atomic mass is 10.3. The van der Waals surface area contributed by atoms with Gasteiger partial charge >= 0.3 is 17.9 Å². The molecule has 1 aromatic carbocycles. The molecule has 0 spiro atoms. The number of quaternary nitrogens is 3. The minimum atomic E-state index is -0.626. The molecule has 0 aliphatic rings. The van der Waals surface area contributed by atoms with Gasteiger partial charge in [-0.2, -0.15) is 0 Å². The molecular formula is C24H36N3O6+3. The predicted molar refractivity (Wildman–Crippen MR) is 125 cm³/mol. The van der Waals surface area contributed by atoms with E-state index in [2.05, 4.69) is 0 Å². The predicted octanol–water partition coefficient (Wildman–Crippen LogP) is 2.06. The lowest BCUT2D eigenvalue weighted by Gasteiger charge is -2.17. The maximum Gasteiger partial charge on any atom is 0.341 e. The number of carbonyl (C=O) groups excluding carboxylic acids is 3. The van der Waals surface area contributed by atoms with E-state index in [1.807, 2.05) is 63.4 Å². The number of benzene rings is 1. The average Bonchev–Trinajstić information content (AvgIpc) is 2.61. The fourth-order valence-electron chi connectivity index (χ4n) is 2.03. The van der Waals surface area contributed by atoms with Crippen molar-refractivity contribution in [3.63, 3.8) is 0 Å². The van der Waals surface area contributed by atoms with E-state index >= 15 is 0 Å². The van der Waals surface area contributed by atoms with Gasteiger partial charge in [0.25, 0.3) is 0 Å². The second kappa shape index (κ2) is 11.0. The molecule has 0 heterocycles. The zero-order valence-electron chi connectivity index (χ0n) is 21.0. The van der Waals surface area contributed by atoms with Gasteiger partial charge < -0.3 is 27.7 Å². The molecule has 0 saturated carbocycles. The number of carbonyl (C=O) groups is 3. The first kappa shape index (κ1) is 27.8. The minimum Gasteiger partial charge on any atom is -0.423 e. The molecule has 9 nitrogen and oxygen atoms in total. The largest absolute Gasteiger partial charge is 0.423 e. The first-order valence-corrected chi connectivity index (χ1v) is 10.2. The Labute approximate surface area is 196 Å². The van der Waals surface area contributed by atoms with Crippen LogP contribution in [0.5, 0.6) is 17.2 Å². The maximum atomic E-state index is 12.2. The molecule has 0 aromatic heterocycles. The number of nitrogens with zero attached hydrogens (tertiary/aromatic N) is 3. The third-order valence-corrected chi connectivity index (χ3v) is 3.48. The second-order valence-corrected chi connectivity index (χ2v) is 10.2. The highest BCUT2D eigenvalue weighted by atomic mass is 16.6. The van der Waals surface area contributed by atoms with Crippen LogP contribution in [0.4, 0.5) is 0 Å². The maximum absolute atomic E-state index is 12.2. The molecule has 1 rings (SSSR count). The highest BCUT2D eigenvalue weighted by molar-refractivity contribution is 5.86. The number of ether oxygens (including phenoxy) is 3. The molecule has 0 fully saturated rings. The normalized spacial score (nSPS) is 13.0. The van der Waals surface area contributed by atoms with E-state index in [0.29, 0.717) is 13.4 Å². The first-order chi connectivity index (χ1) is 14.9. The summed E-state index contributed by atoms with van der Waals surface area (Å²) in [6.45, 7) is 0. The van der Waals surface area contributed by atoms with Gasteiger partial charge in [-0.1, -0.05) is 0 Å². The van der Waals surface area contributed by atoms with Crippen LogP contribution in [0, 0.1) is 0 Å². The van der Waals surface area contributed by atoms with Crippen LogP contribution < -0.4 is 14.2 Å². The Kier molecular flexibility index (Phi) is 9.29. The van der Waals surface area contributed by atoms with Crippen molar-refractivity contribution in [3.05, 3.63) is 55.0 Å². The molecule has 0 atom stereocenters. The van der Waals surface area contributed by atoms with Gasteiger partial charge in [-0.25, -0.2) is 14.4 Å². The van der Waals surface area contributed by atoms with E-state index in [0.717, 1.165) is 0 Å². The summed E-state index contributed by atoms with van der Waals surface area (Å²) in [6, 6.07) is 4.11. The van der Waals surface area contributed by atoms with Crippen molar-refractivity contribution in [2.24, 2.45) is 0 Å². The molecule has 0 amide bonds. The van der Waals surface area contributed by atoms with E-state index in [4.69, 9.17) is 14.2 Å². The van der Waals surface area contributed by atoms with Gasteiger partial charge in [0.1, 0.15) is 35.8 Å². The summed E-state index contributed by atoms with van der Waals surface area (Å²) in [5, 5.41) is 0. The molecular weight excluding hydrogens is 426 g/mol. The molecule has 0 saturated heterocycles. The molecule has 180 valence electrons. The van der Waals surface area contributed by atoms with Crippen molar-refractivity contribution in [1.82, 2.24) is 0 Å². The highest BCUT2D eigenvalue weighted by Crippen LogP contribution is 2.28. The molecule has 0 aliphatic heterocycles. The lowest BCUT2D eigenvalue weighted by Crippen LogP contribution is -2.27. The van der Waals surface area contributed by atoms with Gasteiger partial charge in [-0.15, -0.1) is 0 Å². The van der Waals surface area contributed by atoms with E-state index in [9.17, 15) is 14.4 Å². The summed E-state index contributed by atoms with van der Waals surface area (Å²) < 4.78 is 17.2. The van der Waals surface area contributed by atoms with Crippen LogP contribution in [0.25, 0.3) is 0 Å². The number of hydrogen-bond acceptors (Lipinski definition) is 6. The summed E-state index contributed by atoms with van der Waals surface area (Å²) in [5.41, 5.74) is 0. The Morgan fingerprint density at radius 3 is 0.909 bits per heavy atom. The van der Waals surface area contributed by atoms with E-state index in [1.165, 1.54) is 36.4 Å². The fraction of sp³-hybridized carbons (Fsp3) is 0.375. The van der Waals surface area contributed by atoms with Gasteiger partial charge in [0.05, 0.1) is 81.7 Å². The van der Waals surface area contributed by atoms with Gasteiger partial charge in [0.15, 0.2) is 0 Å². The van der Waals surface area contributed by atoms with Crippen LogP contribution >= 0.6 is 0 Å². The zero-order valence-corrected chi connectivity index (χ0v) is 21.0. The Morgan fingerprint density at radius 1 is 0.515 bits per heavy atom. The number of hydrogen-bond donors (Lipinski definition) is 0. The van der Waals surface area contributed by atoms with Gasteiger partial charge in [0.2, 0.25) is 0 Å². The Morgan fingerprint density at radius 2 is 0.727 bits per heavy atom. The monoisotopic (exact) mass is 462 g/mol. The molecule has 33 heavy (non-hydrogen) atoms. The number of esters is 3. The van der Waals surface area contributed by atoms with Crippen molar-refractivity contribution >= 4 is 17.9 Å².